The van der Waals surface area contributed by atoms with Crippen molar-refractivity contribution in [1.82, 2.24) is 4.98 Å². The van der Waals surface area contributed by atoms with E-state index in [1.807, 2.05) is 25.9 Å². The van der Waals surface area contributed by atoms with Crippen molar-refractivity contribution < 1.29 is 22.7 Å². The van der Waals surface area contributed by atoms with Crippen LogP contribution >= 0.6 is 11.3 Å². The van der Waals surface area contributed by atoms with Gasteiger partial charge in [0, 0.05) is 37.5 Å². The second-order valence-corrected chi connectivity index (χ2v) is 10.1. The van der Waals surface area contributed by atoms with E-state index in [4.69, 9.17) is 9.47 Å². The van der Waals surface area contributed by atoms with E-state index in [0.29, 0.717) is 40.2 Å². The summed E-state index contributed by atoms with van der Waals surface area (Å²) >= 11 is 1.32. The van der Waals surface area contributed by atoms with Gasteiger partial charge in [0.1, 0.15) is 17.2 Å². The summed E-state index contributed by atoms with van der Waals surface area (Å²) in [7, 11) is 0.385. The minimum Gasteiger partial charge on any atom is -0.491 e. The first-order chi connectivity index (χ1) is 15.2. The molecule has 0 radical (unpaired) electrons. The molecule has 3 rings (SSSR count). The lowest BCUT2D eigenvalue weighted by Gasteiger charge is -2.22. The molecule has 0 saturated carbocycles. The van der Waals surface area contributed by atoms with E-state index in [2.05, 4.69) is 10.3 Å². The molecule has 0 atom stereocenters. The number of benzene rings is 2. The molecule has 1 N–H and O–H groups in total. The Bertz CT molecular complexity index is 1180. The van der Waals surface area contributed by atoms with E-state index in [0.717, 1.165) is 12.7 Å². The fraction of sp³-hybridized carbons (Fsp3) is 0.273. The number of sulfone groups is 1. The summed E-state index contributed by atoms with van der Waals surface area (Å²) in [5.41, 5.74) is 1.01. The van der Waals surface area contributed by atoms with Crippen LogP contribution in [-0.4, -0.2) is 46.3 Å². The maximum Gasteiger partial charge on any atom is 0.257 e. The molecule has 1 amide bonds. The van der Waals surface area contributed by atoms with Crippen molar-refractivity contribution >= 4 is 37.9 Å². The van der Waals surface area contributed by atoms with Gasteiger partial charge in [-0.05, 0) is 42.8 Å². The van der Waals surface area contributed by atoms with Crippen LogP contribution in [0.25, 0.3) is 0 Å². The maximum atomic E-state index is 12.8. The Hall–Kier alpha value is -3.11. The van der Waals surface area contributed by atoms with Gasteiger partial charge in [-0.1, -0.05) is 6.92 Å². The largest absolute Gasteiger partial charge is 0.491 e. The number of ether oxygens (including phenoxy) is 2. The van der Waals surface area contributed by atoms with Crippen molar-refractivity contribution in [2.75, 3.05) is 37.2 Å². The Morgan fingerprint density at radius 3 is 2.41 bits per heavy atom. The first kappa shape index (κ1) is 23.6. The van der Waals surface area contributed by atoms with Crippen molar-refractivity contribution in [2.24, 2.45) is 0 Å². The molecule has 8 nitrogen and oxygen atoms in total. The van der Waals surface area contributed by atoms with Crippen LogP contribution in [-0.2, 0) is 9.84 Å². The van der Waals surface area contributed by atoms with Gasteiger partial charge in [-0.2, -0.15) is 0 Å². The summed E-state index contributed by atoms with van der Waals surface area (Å²) in [5, 5.41) is 5.02. The first-order valence-corrected chi connectivity index (χ1v) is 12.6. The number of amides is 1. The summed E-state index contributed by atoms with van der Waals surface area (Å²) in [5.74, 6) is 0.995. The van der Waals surface area contributed by atoms with Crippen LogP contribution in [0, 0.1) is 0 Å². The fourth-order valence-electron chi connectivity index (χ4n) is 2.89. The third kappa shape index (κ3) is 5.77. The normalized spacial score (nSPS) is 11.1. The van der Waals surface area contributed by atoms with Crippen LogP contribution < -0.4 is 19.7 Å². The molecule has 2 aromatic carbocycles. The standard InChI is InChI=1S/C22H25N3O5S2/c1-5-11-29-18-13-15(21(26)24-22-23-10-12-31-22)14-19(20(18)25(2)3)30-16-6-8-17(9-7-16)32(4,27)28/h6-10,12-14H,5,11H2,1-4H3,(H,23,24,26). The summed E-state index contributed by atoms with van der Waals surface area (Å²) in [6, 6.07) is 9.41. The van der Waals surface area contributed by atoms with Crippen LogP contribution in [0.3, 0.4) is 0 Å². The minimum atomic E-state index is -3.32. The van der Waals surface area contributed by atoms with E-state index < -0.39 is 9.84 Å². The molecule has 1 heterocycles. The van der Waals surface area contributed by atoms with E-state index >= 15 is 0 Å². The number of thiazole rings is 1. The van der Waals surface area contributed by atoms with Crippen molar-refractivity contribution in [3.63, 3.8) is 0 Å². The number of carbonyl (C=O) groups excluding carboxylic acids is 1. The lowest BCUT2D eigenvalue weighted by atomic mass is 10.1. The predicted molar refractivity (Wildman–Crippen MR) is 126 cm³/mol. The zero-order valence-corrected chi connectivity index (χ0v) is 19.9. The average Bonchev–Trinajstić information content (AvgIpc) is 3.24. The number of carbonyl (C=O) groups is 1. The highest BCUT2D eigenvalue weighted by Crippen LogP contribution is 2.41. The van der Waals surface area contributed by atoms with Gasteiger partial charge in [0.2, 0.25) is 0 Å². The monoisotopic (exact) mass is 475 g/mol. The molecule has 0 saturated heterocycles. The van der Waals surface area contributed by atoms with E-state index in [-0.39, 0.29) is 10.8 Å². The van der Waals surface area contributed by atoms with E-state index in [9.17, 15) is 13.2 Å². The third-order valence-electron chi connectivity index (χ3n) is 4.34. The molecule has 0 aliphatic heterocycles. The smallest absolute Gasteiger partial charge is 0.257 e. The Kier molecular flexibility index (Phi) is 7.37. The Morgan fingerprint density at radius 1 is 1.16 bits per heavy atom. The van der Waals surface area contributed by atoms with Crippen LogP contribution in [0.1, 0.15) is 23.7 Å². The van der Waals surface area contributed by atoms with Crippen molar-refractivity contribution in [3.8, 4) is 17.2 Å². The molecule has 0 aliphatic rings. The van der Waals surface area contributed by atoms with Crippen molar-refractivity contribution in [3.05, 3.63) is 53.5 Å². The number of hydrogen-bond donors (Lipinski definition) is 1. The Balaban J connectivity index is 2.01. The second kappa shape index (κ2) is 10.0. The van der Waals surface area contributed by atoms with Crippen molar-refractivity contribution in [2.45, 2.75) is 18.2 Å². The number of anilines is 2. The molecule has 0 unspecified atom stereocenters. The highest BCUT2D eigenvalue weighted by molar-refractivity contribution is 7.90. The molecule has 0 fully saturated rings. The Labute approximate surface area is 191 Å². The van der Waals surface area contributed by atoms with Gasteiger partial charge in [-0.25, -0.2) is 13.4 Å². The molecule has 0 spiro atoms. The van der Waals surface area contributed by atoms with Gasteiger partial charge in [0.05, 0.1) is 11.5 Å². The number of nitrogens with zero attached hydrogens (tertiary/aromatic N) is 2. The molecule has 3 aromatic rings. The molecular weight excluding hydrogens is 450 g/mol. The molecular formula is C22H25N3O5S2. The lowest BCUT2D eigenvalue weighted by Crippen LogP contribution is -2.16. The molecule has 0 bridgehead atoms. The predicted octanol–water partition coefficient (Wildman–Crippen LogP) is 4.45. The van der Waals surface area contributed by atoms with Crippen LogP contribution in [0.15, 0.2) is 52.9 Å². The van der Waals surface area contributed by atoms with E-state index in [1.165, 1.54) is 23.5 Å². The van der Waals surface area contributed by atoms with Gasteiger partial charge >= 0.3 is 0 Å². The van der Waals surface area contributed by atoms with Gasteiger partial charge in [0.25, 0.3) is 5.91 Å². The van der Waals surface area contributed by atoms with Gasteiger partial charge in [-0.3, -0.25) is 10.1 Å². The quantitative estimate of drug-likeness (QED) is 0.488. The second-order valence-electron chi connectivity index (χ2n) is 7.20. The first-order valence-electron chi connectivity index (χ1n) is 9.86. The number of nitrogens with one attached hydrogen (secondary N) is 1. The molecule has 0 aliphatic carbocycles. The summed E-state index contributed by atoms with van der Waals surface area (Å²) in [6.45, 7) is 2.47. The minimum absolute atomic E-state index is 0.196. The summed E-state index contributed by atoms with van der Waals surface area (Å²) < 4.78 is 35.5. The zero-order chi connectivity index (χ0) is 23.3. The third-order valence-corrected chi connectivity index (χ3v) is 6.16. The topological polar surface area (TPSA) is 97.8 Å². The van der Waals surface area contributed by atoms with E-state index in [1.54, 1.807) is 35.8 Å². The lowest BCUT2D eigenvalue weighted by molar-refractivity contribution is 0.102. The van der Waals surface area contributed by atoms with Gasteiger partial charge < -0.3 is 14.4 Å². The van der Waals surface area contributed by atoms with Gasteiger partial charge in [0.15, 0.2) is 20.7 Å². The van der Waals surface area contributed by atoms with Crippen LogP contribution in [0.2, 0.25) is 0 Å². The fourth-order valence-corrected chi connectivity index (χ4v) is 4.04. The molecule has 1 aromatic heterocycles. The molecule has 32 heavy (non-hydrogen) atoms. The average molecular weight is 476 g/mol. The maximum absolute atomic E-state index is 12.8. The highest BCUT2D eigenvalue weighted by atomic mass is 32.2. The number of aromatic nitrogens is 1. The molecule has 10 heteroatoms. The summed E-state index contributed by atoms with van der Waals surface area (Å²) in [4.78, 5) is 19.0. The summed E-state index contributed by atoms with van der Waals surface area (Å²) in [6.07, 6.45) is 3.56. The van der Waals surface area contributed by atoms with Gasteiger partial charge in [-0.15, -0.1) is 11.3 Å². The Morgan fingerprint density at radius 2 is 1.84 bits per heavy atom. The zero-order valence-electron chi connectivity index (χ0n) is 18.3. The molecule has 170 valence electrons. The van der Waals surface area contributed by atoms with Crippen LogP contribution in [0.4, 0.5) is 10.8 Å². The number of hydrogen-bond acceptors (Lipinski definition) is 8. The SMILES string of the molecule is CCCOc1cc(C(=O)Nc2nccs2)cc(Oc2ccc(S(C)(=O)=O)cc2)c1N(C)C. The van der Waals surface area contributed by atoms with Crippen LogP contribution in [0.5, 0.6) is 17.2 Å². The number of rotatable bonds is 9. The highest BCUT2D eigenvalue weighted by Gasteiger charge is 2.20. The van der Waals surface area contributed by atoms with Crippen molar-refractivity contribution in [1.29, 1.82) is 0 Å².